The number of benzene rings is 2. The van der Waals surface area contributed by atoms with E-state index in [4.69, 9.17) is 0 Å². The van der Waals surface area contributed by atoms with Crippen LogP contribution >= 0.6 is 0 Å². The van der Waals surface area contributed by atoms with Crippen molar-refractivity contribution in [2.45, 2.75) is 32.6 Å². The van der Waals surface area contributed by atoms with Crippen LogP contribution in [0, 0.1) is 5.92 Å². The Morgan fingerprint density at radius 2 is 1.77 bits per heavy atom. The SMILES string of the molecule is CC(C)c1ccc2c(c1)C(=O)C(=O)N2CN1CCC(C(=O)Nc2ccccc2)CC1. The number of anilines is 2. The summed E-state index contributed by atoms with van der Waals surface area (Å²) in [6, 6.07) is 15.2. The molecular weight excluding hydrogens is 378 g/mol. The number of hydrogen-bond donors (Lipinski definition) is 1. The minimum Gasteiger partial charge on any atom is -0.326 e. The van der Waals surface area contributed by atoms with Crippen molar-refractivity contribution in [2.24, 2.45) is 5.92 Å². The Morgan fingerprint density at radius 3 is 2.43 bits per heavy atom. The quantitative estimate of drug-likeness (QED) is 0.771. The second-order valence-electron chi connectivity index (χ2n) is 8.38. The van der Waals surface area contributed by atoms with Crippen LogP contribution in [0.1, 0.15) is 48.5 Å². The fraction of sp³-hybridized carbons (Fsp3) is 0.375. The second kappa shape index (κ2) is 8.40. The highest BCUT2D eigenvalue weighted by Crippen LogP contribution is 2.32. The number of piperidine rings is 1. The molecule has 6 heteroatoms. The van der Waals surface area contributed by atoms with Crippen LogP contribution in [0.25, 0.3) is 0 Å². The van der Waals surface area contributed by atoms with E-state index < -0.39 is 11.7 Å². The van der Waals surface area contributed by atoms with Crippen LogP contribution in [0.15, 0.2) is 48.5 Å². The van der Waals surface area contributed by atoms with Gasteiger partial charge in [0.1, 0.15) is 0 Å². The highest BCUT2D eigenvalue weighted by atomic mass is 16.2. The lowest BCUT2D eigenvalue weighted by Crippen LogP contribution is -2.45. The highest BCUT2D eigenvalue weighted by molar-refractivity contribution is 6.52. The Kier molecular flexibility index (Phi) is 5.68. The Balaban J connectivity index is 1.37. The average molecular weight is 405 g/mol. The molecule has 2 aromatic carbocycles. The number of Topliss-reactive ketones (excluding diaryl/α,β-unsaturated/α-hetero) is 1. The van der Waals surface area contributed by atoms with Crippen LogP contribution in [0.2, 0.25) is 0 Å². The van der Waals surface area contributed by atoms with Crippen LogP contribution < -0.4 is 10.2 Å². The molecule has 2 heterocycles. The molecule has 0 saturated carbocycles. The summed E-state index contributed by atoms with van der Waals surface area (Å²) in [4.78, 5) is 41.3. The van der Waals surface area contributed by atoms with Gasteiger partial charge in [0.05, 0.1) is 17.9 Å². The van der Waals surface area contributed by atoms with Crippen LogP contribution in [0.4, 0.5) is 11.4 Å². The van der Waals surface area contributed by atoms with Crippen LogP contribution in [0.5, 0.6) is 0 Å². The molecule has 1 saturated heterocycles. The van der Waals surface area contributed by atoms with Gasteiger partial charge in [-0.25, -0.2) is 0 Å². The molecule has 2 aliphatic heterocycles. The van der Waals surface area contributed by atoms with Gasteiger partial charge in [-0.15, -0.1) is 0 Å². The molecule has 156 valence electrons. The van der Waals surface area contributed by atoms with Crippen molar-refractivity contribution < 1.29 is 14.4 Å². The maximum Gasteiger partial charge on any atom is 0.300 e. The number of ketones is 1. The van der Waals surface area contributed by atoms with Gasteiger partial charge < -0.3 is 5.32 Å². The summed E-state index contributed by atoms with van der Waals surface area (Å²) in [6.45, 7) is 5.94. The zero-order valence-corrected chi connectivity index (χ0v) is 17.4. The normalized spacial score (nSPS) is 17.5. The van der Waals surface area contributed by atoms with Crippen LogP contribution in [-0.2, 0) is 9.59 Å². The van der Waals surface area contributed by atoms with E-state index in [2.05, 4.69) is 24.1 Å². The van der Waals surface area contributed by atoms with E-state index in [0.29, 0.717) is 36.9 Å². The van der Waals surface area contributed by atoms with Crippen LogP contribution in [0.3, 0.4) is 0 Å². The number of nitrogens with one attached hydrogen (secondary N) is 1. The Bertz CT molecular complexity index is 963. The summed E-state index contributed by atoms with van der Waals surface area (Å²) < 4.78 is 0. The van der Waals surface area contributed by atoms with Crippen molar-refractivity contribution in [1.29, 1.82) is 0 Å². The fourth-order valence-electron chi connectivity index (χ4n) is 4.12. The van der Waals surface area contributed by atoms with Crippen molar-refractivity contribution in [3.8, 4) is 0 Å². The van der Waals surface area contributed by atoms with Gasteiger partial charge in [-0.05, 0) is 48.6 Å². The van der Waals surface area contributed by atoms with E-state index in [-0.39, 0.29) is 11.8 Å². The van der Waals surface area contributed by atoms with Crippen molar-refractivity contribution in [3.63, 3.8) is 0 Å². The van der Waals surface area contributed by atoms with Gasteiger partial charge in [-0.2, -0.15) is 0 Å². The predicted octanol–water partition coefficient (Wildman–Crippen LogP) is 3.65. The summed E-state index contributed by atoms with van der Waals surface area (Å²) in [5.41, 5.74) is 3.06. The van der Waals surface area contributed by atoms with Gasteiger partial charge >= 0.3 is 5.91 Å². The van der Waals surface area contributed by atoms with Gasteiger partial charge in [-0.1, -0.05) is 38.1 Å². The van der Waals surface area contributed by atoms with E-state index in [1.54, 1.807) is 4.90 Å². The minimum absolute atomic E-state index is 0.0415. The largest absolute Gasteiger partial charge is 0.326 e. The minimum atomic E-state index is -0.463. The van der Waals surface area contributed by atoms with Crippen molar-refractivity contribution in [2.75, 3.05) is 30.0 Å². The molecule has 2 amide bonds. The molecule has 2 aliphatic rings. The van der Waals surface area contributed by atoms with Crippen molar-refractivity contribution in [3.05, 3.63) is 59.7 Å². The summed E-state index contributed by atoms with van der Waals surface area (Å²) >= 11 is 0. The Hall–Kier alpha value is -2.99. The predicted molar refractivity (Wildman–Crippen MR) is 117 cm³/mol. The first-order chi connectivity index (χ1) is 14.4. The van der Waals surface area contributed by atoms with E-state index in [1.807, 2.05) is 48.5 Å². The number of rotatable bonds is 5. The number of carbonyl (C=O) groups is 3. The topological polar surface area (TPSA) is 69.7 Å². The number of carbonyl (C=O) groups excluding carboxylic acids is 3. The molecule has 0 unspecified atom stereocenters. The standard InChI is InChI=1S/C24H27N3O3/c1-16(2)18-8-9-21-20(14-18)22(28)24(30)27(21)15-26-12-10-17(11-13-26)23(29)25-19-6-4-3-5-7-19/h3-9,14,16-17H,10-13,15H2,1-2H3,(H,25,29). The molecule has 1 N–H and O–H groups in total. The molecule has 4 rings (SSSR count). The molecule has 2 aromatic rings. The number of amides is 2. The first-order valence-corrected chi connectivity index (χ1v) is 10.5. The van der Waals surface area contributed by atoms with E-state index in [1.165, 1.54) is 0 Å². The molecular formula is C24H27N3O3. The van der Waals surface area contributed by atoms with Gasteiger partial charge in [0.25, 0.3) is 5.78 Å². The summed E-state index contributed by atoms with van der Waals surface area (Å²) in [5, 5.41) is 2.97. The number of hydrogen-bond acceptors (Lipinski definition) is 4. The number of para-hydroxylation sites is 1. The summed E-state index contributed by atoms with van der Waals surface area (Å²) in [7, 11) is 0. The Labute approximate surface area is 176 Å². The molecule has 0 aliphatic carbocycles. The third-order valence-corrected chi connectivity index (χ3v) is 6.00. The first kappa shape index (κ1) is 20.3. The van der Waals surface area contributed by atoms with Gasteiger partial charge in [0, 0.05) is 24.7 Å². The molecule has 6 nitrogen and oxygen atoms in total. The maximum atomic E-state index is 12.6. The lowest BCUT2D eigenvalue weighted by molar-refractivity contribution is -0.121. The second-order valence-corrected chi connectivity index (χ2v) is 8.38. The van der Waals surface area contributed by atoms with Crippen LogP contribution in [-0.4, -0.2) is 42.3 Å². The molecule has 0 radical (unpaired) electrons. The van der Waals surface area contributed by atoms with Gasteiger partial charge in [0.15, 0.2) is 0 Å². The maximum absolute atomic E-state index is 12.6. The molecule has 30 heavy (non-hydrogen) atoms. The first-order valence-electron chi connectivity index (χ1n) is 10.5. The van der Waals surface area contributed by atoms with E-state index in [9.17, 15) is 14.4 Å². The van der Waals surface area contributed by atoms with Crippen molar-refractivity contribution >= 4 is 29.0 Å². The molecule has 0 bridgehead atoms. The van der Waals surface area contributed by atoms with Gasteiger partial charge in [0.2, 0.25) is 5.91 Å². The zero-order chi connectivity index (χ0) is 21.3. The number of nitrogens with zero attached hydrogens (tertiary/aromatic N) is 2. The smallest absolute Gasteiger partial charge is 0.300 e. The lowest BCUT2D eigenvalue weighted by atomic mass is 9.96. The third-order valence-electron chi connectivity index (χ3n) is 6.00. The van der Waals surface area contributed by atoms with E-state index in [0.717, 1.165) is 24.1 Å². The molecule has 1 fully saturated rings. The summed E-state index contributed by atoms with van der Waals surface area (Å²) in [5.74, 6) is -0.592. The summed E-state index contributed by atoms with van der Waals surface area (Å²) in [6.07, 6.45) is 1.46. The average Bonchev–Trinajstić information content (AvgIpc) is 2.99. The molecule has 0 atom stereocenters. The van der Waals surface area contributed by atoms with Gasteiger partial charge in [-0.3, -0.25) is 24.2 Å². The van der Waals surface area contributed by atoms with E-state index >= 15 is 0 Å². The fourth-order valence-corrected chi connectivity index (χ4v) is 4.12. The monoisotopic (exact) mass is 405 g/mol. The number of likely N-dealkylation sites (tertiary alicyclic amines) is 1. The molecule has 0 spiro atoms. The third kappa shape index (κ3) is 4.00. The zero-order valence-electron chi connectivity index (χ0n) is 17.4. The molecule has 0 aromatic heterocycles. The van der Waals surface area contributed by atoms with Crippen molar-refractivity contribution in [1.82, 2.24) is 4.90 Å². The lowest BCUT2D eigenvalue weighted by Gasteiger charge is -2.33. The number of fused-ring (bicyclic) bond motifs is 1. The Morgan fingerprint density at radius 1 is 1.07 bits per heavy atom. The highest BCUT2D eigenvalue weighted by Gasteiger charge is 2.37.